The topological polar surface area (TPSA) is 61.4 Å². The number of sulfonamides is 1. The maximum absolute atomic E-state index is 12.2. The standard InChI is InChI=1S/C13H20BrN3O2S.2ClH/c1-11-10-12(14)2-3-13(11)20(18,19)16-6-9-17-7-4-15-5-8-17;;/h2-3,10,15-16H,4-9H2,1H3;2*1H. The SMILES string of the molecule is Cc1cc(Br)ccc1S(=O)(=O)NCCN1CCNCC1.Cl.Cl. The van der Waals surface area contributed by atoms with Gasteiger partial charge in [-0.3, -0.25) is 4.90 Å². The molecule has 1 fully saturated rings. The van der Waals surface area contributed by atoms with E-state index >= 15 is 0 Å². The van der Waals surface area contributed by atoms with Gasteiger partial charge in [-0.05, 0) is 30.7 Å². The van der Waals surface area contributed by atoms with Crippen LogP contribution in [0.1, 0.15) is 5.56 Å². The van der Waals surface area contributed by atoms with Crippen LogP contribution < -0.4 is 10.0 Å². The molecule has 1 aliphatic rings. The number of nitrogens with one attached hydrogen (secondary N) is 2. The second-order valence-corrected chi connectivity index (χ2v) is 7.55. The summed E-state index contributed by atoms with van der Waals surface area (Å²) >= 11 is 3.34. The summed E-state index contributed by atoms with van der Waals surface area (Å²) < 4.78 is 28.1. The molecule has 9 heteroatoms. The fourth-order valence-electron chi connectivity index (χ4n) is 2.26. The Kier molecular flexibility index (Phi) is 10.1. The van der Waals surface area contributed by atoms with E-state index in [2.05, 4.69) is 30.9 Å². The zero-order chi connectivity index (χ0) is 14.6. The number of piperazine rings is 1. The van der Waals surface area contributed by atoms with Crippen molar-refractivity contribution >= 4 is 50.8 Å². The van der Waals surface area contributed by atoms with E-state index in [-0.39, 0.29) is 24.8 Å². The highest BCUT2D eigenvalue weighted by atomic mass is 79.9. The van der Waals surface area contributed by atoms with Crippen molar-refractivity contribution in [1.29, 1.82) is 0 Å². The Morgan fingerprint density at radius 3 is 2.50 bits per heavy atom. The van der Waals surface area contributed by atoms with Crippen LogP contribution in [0.2, 0.25) is 0 Å². The van der Waals surface area contributed by atoms with Crippen molar-refractivity contribution in [2.45, 2.75) is 11.8 Å². The highest BCUT2D eigenvalue weighted by Gasteiger charge is 2.17. The van der Waals surface area contributed by atoms with Crippen molar-refractivity contribution in [1.82, 2.24) is 14.9 Å². The number of hydrogen-bond donors (Lipinski definition) is 2. The smallest absolute Gasteiger partial charge is 0.240 e. The molecule has 1 heterocycles. The van der Waals surface area contributed by atoms with Gasteiger partial charge in [-0.1, -0.05) is 15.9 Å². The molecule has 1 aliphatic heterocycles. The van der Waals surface area contributed by atoms with Crippen LogP contribution >= 0.6 is 40.7 Å². The molecular weight excluding hydrogens is 413 g/mol. The van der Waals surface area contributed by atoms with Crippen molar-refractivity contribution in [3.05, 3.63) is 28.2 Å². The number of halogens is 3. The Morgan fingerprint density at radius 2 is 1.91 bits per heavy atom. The molecule has 0 saturated carbocycles. The third kappa shape index (κ3) is 6.31. The van der Waals surface area contributed by atoms with Crippen LogP contribution in [0.5, 0.6) is 0 Å². The van der Waals surface area contributed by atoms with Gasteiger partial charge in [-0.25, -0.2) is 13.1 Å². The Morgan fingerprint density at radius 1 is 1.27 bits per heavy atom. The summed E-state index contributed by atoms with van der Waals surface area (Å²) in [6.07, 6.45) is 0. The Bertz CT molecular complexity index is 566. The molecule has 1 aromatic carbocycles. The number of aryl methyl sites for hydroxylation is 1. The maximum Gasteiger partial charge on any atom is 0.240 e. The summed E-state index contributed by atoms with van der Waals surface area (Å²) in [6.45, 7) is 6.87. The van der Waals surface area contributed by atoms with E-state index in [0.717, 1.165) is 42.8 Å². The first-order valence-electron chi connectivity index (χ1n) is 6.68. The predicted molar refractivity (Wildman–Crippen MR) is 97.9 cm³/mol. The number of hydrogen-bond acceptors (Lipinski definition) is 4. The van der Waals surface area contributed by atoms with Crippen molar-refractivity contribution in [3.63, 3.8) is 0 Å². The van der Waals surface area contributed by atoms with Gasteiger partial charge in [0, 0.05) is 43.7 Å². The molecule has 22 heavy (non-hydrogen) atoms. The maximum atomic E-state index is 12.2. The number of benzene rings is 1. The fourth-order valence-corrected chi connectivity index (χ4v) is 3.99. The van der Waals surface area contributed by atoms with Gasteiger partial charge >= 0.3 is 0 Å². The monoisotopic (exact) mass is 433 g/mol. The molecule has 0 aromatic heterocycles. The molecule has 0 spiro atoms. The molecule has 0 aliphatic carbocycles. The number of rotatable bonds is 5. The van der Waals surface area contributed by atoms with E-state index < -0.39 is 10.0 Å². The van der Waals surface area contributed by atoms with E-state index in [1.807, 2.05) is 6.07 Å². The summed E-state index contributed by atoms with van der Waals surface area (Å²) in [5, 5.41) is 3.28. The molecule has 0 radical (unpaired) electrons. The van der Waals surface area contributed by atoms with Crippen LogP contribution in [0.15, 0.2) is 27.6 Å². The molecule has 2 N–H and O–H groups in total. The van der Waals surface area contributed by atoms with Gasteiger partial charge < -0.3 is 5.32 Å². The minimum atomic E-state index is -3.42. The second kappa shape index (κ2) is 10.1. The lowest BCUT2D eigenvalue weighted by molar-refractivity contribution is 0.245. The molecule has 1 saturated heterocycles. The first-order valence-corrected chi connectivity index (χ1v) is 8.95. The summed E-state index contributed by atoms with van der Waals surface area (Å²) in [4.78, 5) is 2.61. The van der Waals surface area contributed by atoms with Gasteiger partial charge in [0.1, 0.15) is 0 Å². The molecule has 0 unspecified atom stereocenters. The second-order valence-electron chi connectivity index (χ2n) is 4.90. The van der Waals surface area contributed by atoms with Gasteiger partial charge in [0.15, 0.2) is 0 Å². The van der Waals surface area contributed by atoms with E-state index in [4.69, 9.17) is 0 Å². The predicted octanol–water partition coefficient (Wildman–Crippen LogP) is 1.78. The molecule has 1 aromatic rings. The van der Waals surface area contributed by atoms with Crippen molar-refractivity contribution in [2.75, 3.05) is 39.3 Å². The first-order chi connectivity index (χ1) is 9.49. The molecule has 0 atom stereocenters. The molecule has 0 amide bonds. The van der Waals surface area contributed by atoms with Crippen LogP contribution in [-0.4, -0.2) is 52.6 Å². The Labute approximate surface area is 153 Å². The zero-order valence-electron chi connectivity index (χ0n) is 12.3. The van der Waals surface area contributed by atoms with Crippen molar-refractivity contribution in [2.24, 2.45) is 0 Å². The van der Waals surface area contributed by atoms with Crippen LogP contribution in [-0.2, 0) is 10.0 Å². The largest absolute Gasteiger partial charge is 0.314 e. The van der Waals surface area contributed by atoms with Crippen molar-refractivity contribution in [3.8, 4) is 0 Å². The highest BCUT2D eigenvalue weighted by molar-refractivity contribution is 9.10. The summed E-state index contributed by atoms with van der Waals surface area (Å²) in [7, 11) is -3.42. The minimum Gasteiger partial charge on any atom is -0.314 e. The van der Waals surface area contributed by atoms with Gasteiger partial charge in [0.2, 0.25) is 10.0 Å². The van der Waals surface area contributed by atoms with Gasteiger partial charge in [-0.2, -0.15) is 0 Å². The van der Waals surface area contributed by atoms with Crippen molar-refractivity contribution < 1.29 is 8.42 Å². The third-order valence-electron chi connectivity index (χ3n) is 3.36. The highest BCUT2D eigenvalue weighted by Crippen LogP contribution is 2.19. The summed E-state index contributed by atoms with van der Waals surface area (Å²) in [6, 6.07) is 5.19. The normalized spacial score (nSPS) is 15.7. The Hall–Kier alpha value is 0.110. The lowest BCUT2D eigenvalue weighted by atomic mass is 10.2. The lowest BCUT2D eigenvalue weighted by Gasteiger charge is -2.27. The zero-order valence-corrected chi connectivity index (χ0v) is 16.4. The minimum absolute atomic E-state index is 0. The van der Waals surface area contributed by atoms with Gasteiger partial charge in [0.25, 0.3) is 0 Å². The average Bonchev–Trinajstić information content (AvgIpc) is 2.39. The van der Waals surface area contributed by atoms with Gasteiger partial charge in [-0.15, -0.1) is 24.8 Å². The van der Waals surface area contributed by atoms with Gasteiger partial charge in [0.05, 0.1) is 4.90 Å². The lowest BCUT2D eigenvalue weighted by Crippen LogP contribution is -2.46. The average molecular weight is 435 g/mol. The van der Waals surface area contributed by atoms with E-state index in [9.17, 15) is 8.42 Å². The van der Waals surface area contributed by atoms with Crippen LogP contribution in [0.3, 0.4) is 0 Å². The first kappa shape index (κ1) is 22.1. The Balaban J connectivity index is 0.00000220. The quantitative estimate of drug-likeness (QED) is 0.741. The van der Waals surface area contributed by atoms with E-state index in [1.54, 1.807) is 19.1 Å². The number of nitrogens with zero attached hydrogens (tertiary/aromatic N) is 1. The summed E-state index contributed by atoms with van der Waals surface area (Å²) in [5.41, 5.74) is 0.744. The molecule has 128 valence electrons. The van der Waals surface area contributed by atoms with Crippen LogP contribution in [0, 0.1) is 6.92 Å². The molecule has 2 rings (SSSR count). The van der Waals surface area contributed by atoms with E-state index in [0.29, 0.717) is 11.4 Å². The van der Waals surface area contributed by atoms with Crippen LogP contribution in [0.25, 0.3) is 0 Å². The summed E-state index contributed by atoms with van der Waals surface area (Å²) in [5.74, 6) is 0. The molecule has 5 nitrogen and oxygen atoms in total. The fraction of sp³-hybridized carbons (Fsp3) is 0.538. The van der Waals surface area contributed by atoms with Crippen LogP contribution in [0.4, 0.5) is 0 Å². The molecule has 0 bridgehead atoms. The van der Waals surface area contributed by atoms with E-state index in [1.165, 1.54) is 0 Å². The third-order valence-corrected chi connectivity index (χ3v) is 5.47. The molecular formula is C13H22BrCl2N3O2S.